The number of amides is 1. The summed E-state index contributed by atoms with van der Waals surface area (Å²) in [6.45, 7) is 0. The van der Waals surface area contributed by atoms with E-state index in [1.807, 2.05) is 0 Å². The SMILES string of the molecule is COc1cnc(NS(=O)(=O)c2ccc(NC(=O)/C=C/c3ccc(O)c(O)c3)cc2)nc1. The number of phenolic OH excluding ortho intramolecular Hbond substituents is 2. The summed E-state index contributed by atoms with van der Waals surface area (Å²) in [4.78, 5) is 19.7. The highest BCUT2D eigenvalue weighted by atomic mass is 32.2. The number of phenols is 2. The molecular weight excluding hydrogens is 424 g/mol. The first kappa shape index (κ1) is 21.6. The Balaban J connectivity index is 1.63. The highest BCUT2D eigenvalue weighted by Crippen LogP contribution is 2.25. The van der Waals surface area contributed by atoms with Gasteiger partial charge in [-0.05, 0) is 48.0 Å². The molecule has 4 N–H and O–H groups in total. The molecule has 0 fully saturated rings. The summed E-state index contributed by atoms with van der Waals surface area (Å²) in [6.07, 6.45) is 5.35. The molecule has 0 aliphatic carbocycles. The molecule has 0 bridgehead atoms. The second kappa shape index (κ2) is 9.13. The maximum absolute atomic E-state index is 12.4. The molecule has 1 aromatic heterocycles. The van der Waals surface area contributed by atoms with Crippen LogP contribution < -0.4 is 14.8 Å². The van der Waals surface area contributed by atoms with Crippen LogP contribution in [-0.4, -0.2) is 41.6 Å². The zero-order valence-corrected chi connectivity index (χ0v) is 17.0. The van der Waals surface area contributed by atoms with Crippen LogP contribution in [0.1, 0.15) is 5.56 Å². The lowest BCUT2D eigenvalue weighted by atomic mass is 10.2. The van der Waals surface area contributed by atoms with E-state index in [1.54, 1.807) is 0 Å². The van der Waals surface area contributed by atoms with Crippen LogP contribution in [0.15, 0.2) is 65.8 Å². The fraction of sp³-hybridized carbons (Fsp3) is 0.0500. The van der Waals surface area contributed by atoms with Crippen molar-refractivity contribution in [3.8, 4) is 17.2 Å². The van der Waals surface area contributed by atoms with Crippen LogP contribution in [0.3, 0.4) is 0 Å². The van der Waals surface area contributed by atoms with Crippen molar-refractivity contribution >= 4 is 33.6 Å². The average molecular weight is 442 g/mol. The summed E-state index contributed by atoms with van der Waals surface area (Å²) in [5.41, 5.74) is 0.890. The molecule has 0 atom stereocenters. The standard InChI is InChI=1S/C20H18N4O6S/c1-30-15-11-21-20(22-12-15)24-31(28,29)16-6-4-14(5-7-16)23-19(27)9-3-13-2-8-17(25)18(26)10-13/h2-12,25-26H,1H3,(H,23,27)(H,21,22,24)/b9-3+. The van der Waals surface area contributed by atoms with Crippen molar-refractivity contribution in [1.29, 1.82) is 0 Å². The number of ether oxygens (including phenoxy) is 1. The van der Waals surface area contributed by atoms with Crippen LogP contribution in [0.25, 0.3) is 6.08 Å². The molecule has 0 aliphatic rings. The molecule has 1 amide bonds. The Morgan fingerprint density at radius 1 is 1.03 bits per heavy atom. The van der Waals surface area contributed by atoms with E-state index in [4.69, 9.17) is 4.74 Å². The van der Waals surface area contributed by atoms with Crippen molar-refractivity contribution in [2.45, 2.75) is 4.90 Å². The average Bonchev–Trinajstić information content (AvgIpc) is 2.75. The molecule has 10 nitrogen and oxygen atoms in total. The topological polar surface area (TPSA) is 151 Å². The summed E-state index contributed by atoms with van der Waals surface area (Å²) in [7, 11) is -2.48. The number of nitrogens with zero attached hydrogens (tertiary/aromatic N) is 2. The summed E-state index contributed by atoms with van der Waals surface area (Å²) in [6, 6.07) is 9.64. The number of benzene rings is 2. The van der Waals surface area contributed by atoms with E-state index in [0.29, 0.717) is 17.0 Å². The van der Waals surface area contributed by atoms with Gasteiger partial charge in [0.2, 0.25) is 11.9 Å². The molecule has 3 aromatic rings. The molecule has 160 valence electrons. The molecule has 31 heavy (non-hydrogen) atoms. The monoisotopic (exact) mass is 442 g/mol. The van der Waals surface area contributed by atoms with E-state index in [2.05, 4.69) is 20.0 Å². The number of nitrogens with one attached hydrogen (secondary N) is 2. The number of hydrogen-bond acceptors (Lipinski definition) is 8. The molecule has 0 spiro atoms. The van der Waals surface area contributed by atoms with E-state index in [0.717, 1.165) is 0 Å². The Morgan fingerprint density at radius 3 is 2.32 bits per heavy atom. The summed E-state index contributed by atoms with van der Waals surface area (Å²) in [5, 5.41) is 21.3. The van der Waals surface area contributed by atoms with E-state index in [1.165, 1.54) is 74.1 Å². The molecule has 0 aliphatic heterocycles. The number of methoxy groups -OCH3 is 1. The molecule has 2 aromatic carbocycles. The van der Waals surface area contributed by atoms with Crippen LogP contribution in [0.2, 0.25) is 0 Å². The minimum absolute atomic E-state index is 0.0416. The predicted molar refractivity (Wildman–Crippen MR) is 113 cm³/mol. The van der Waals surface area contributed by atoms with Crippen molar-refractivity contribution in [3.05, 3.63) is 66.5 Å². The Hall–Kier alpha value is -4.12. The molecular formula is C20H18N4O6S. The number of rotatable bonds is 7. The van der Waals surface area contributed by atoms with E-state index in [-0.39, 0.29) is 22.3 Å². The number of aromatic hydroxyl groups is 2. The zero-order chi connectivity index (χ0) is 22.4. The van der Waals surface area contributed by atoms with Crippen LogP contribution >= 0.6 is 0 Å². The largest absolute Gasteiger partial charge is 0.504 e. The minimum Gasteiger partial charge on any atom is -0.504 e. The summed E-state index contributed by atoms with van der Waals surface area (Å²) in [5.74, 6) is -0.742. The molecule has 0 unspecified atom stereocenters. The number of carbonyl (C=O) groups excluding carboxylic acids is 1. The first-order chi connectivity index (χ1) is 14.8. The third kappa shape index (κ3) is 5.70. The lowest BCUT2D eigenvalue weighted by molar-refractivity contribution is -0.111. The van der Waals surface area contributed by atoms with Gasteiger partial charge in [-0.2, -0.15) is 0 Å². The van der Waals surface area contributed by atoms with Gasteiger partial charge < -0.3 is 20.3 Å². The van der Waals surface area contributed by atoms with Gasteiger partial charge in [-0.3, -0.25) is 4.79 Å². The van der Waals surface area contributed by atoms with Crippen molar-refractivity contribution in [2.75, 3.05) is 17.1 Å². The summed E-state index contributed by atoms with van der Waals surface area (Å²) >= 11 is 0. The van der Waals surface area contributed by atoms with Crippen LogP contribution in [-0.2, 0) is 14.8 Å². The van der Waals surface area contributed by atoms with Gasteiger partial charge in [-0.15, -0.1) is 0 Å². The number of aromatic nitrogens is 2. The molecule has 1 heterocycles. The summed E-state index contributed by atoms with van der Waals surface area (Å²) < 4.78 is 32.1. The Labute approximate surface area is 177 Å². The number of carbonyl (C=O) groups is 1. The fourth-order valence-electron chi connectivity index (χ4n) is 2.37. The van der Waals surface area contributed by atoms with Crippen LogP contribution in [0.5, 0.6) is 17.2 Å². The number of anilines is 2. The van der Waals surface area contributed by atoms with Gasteiger partial charge in [-0.1, -0.05) is 6.07 Å². The van der Waals surface area contributed by atoms with E-state index in [9.17, 15) is 23.4 Å². The van der Waals surface area contributed by atoms with Crippen molar-refractivity contribution in [1.82, 2.24) is 9.97 Å². The normalized spacial score (nSPS) is 11.3. The van der Waals surface area contributed by atoms with Crippen molar-refractivity contribution in [2.24, 2.45) is 0 Å². The molecule has 0 radical (unpaired) electrons. The van der Waals surface area contributed by atoms with Crippen LogP contribution in [0, 0.1) is 0 Å². The Morgan fingerprint density at radius 2 is 1.71 bits per heavy atom. The molecule has 3 rings (SSSR count). The molecule has 0 saturated heterocycles. The third-order valence-electron chi connectivity index (χ3n) is 3.95. The quantitative estimate of drug-likeness (QED) is 0.322. The first-order valence-electron chi connectivity index (χ1n) is 8.77. The minimum atomic E-state index is -3.92. The predicted octanol–water partition coefficient (Wildman–Crippen LogP) is 2.35. The highest BCUT2D eigenvalue weighted by Gasteiger charge is 2.15. The highest BCUT2D eigenvalue weighted by molar-refractivity contribution is 7.92. The van der Waals surface area contributed by atoms with Crippen LogP contribution in [0.4, 0.5) is 11.6 Å². The van der Waals surface area contributed by atoms with Gasteiger partial charge in [0.1, 0.15) is 0 Å². The van der Waals surface area contributed by atoms with Gasteiger partial charge in [0.15, 0.2) is 17.2 Å². The Kier molecular flexibility index (Phi) is 6.36. The lowest BCUT2D eigenvalue weighted by Crippen LogP contribution is -2.15. The van der Waals surface area contributed by atoms with Crippen molar-refractivity contribution in [3.63, 3.8) is 0 Å². The maximum Gasteiger partial charge on any atom is 0.264 e. The van der Waals surface area contributed by atoms with Gasteiger partial charge in [0, 0.05) is 11.8 Å². The lowest BCUT2D eigenvalue weighted by Gasteiger charge is -2.08. The Bertz CT molecular complexity index is 1210. The van der Waals surface area contributed by atoms with E-state index >= 15 is 0 Å². The van der Waals surface area contributed by atoms with Gasteiger partial charge in [0.05, 0.1) is 24.4 Å². The maximum atomic E-state index is 12.4. The second-order valence-electron chi connectivity index (χ2n) is 6.15. The fourth-order valence-corrected chi connectivity index (χ4v) is 3.33. The smallest absolute Gasteiger partial charge is 0.264 e. The molecule has 0 saturated carbocycles. The van der Waals surface area contributed by atoms with Gasteiger partial charge in [0.25, 0.3) is 10.0 Å². The van der Waals surface area contributed by atoms with Gasteiger partial charge in [-0.25, -0.2) is 23.1 Å². The number of sulfonamides is 1. The molecule has 11 heteroatoms. The van der Waals surface area contributed by atoms with Gasteiger partial charge >= 0.3 is 0 Å². The second-order valence-corrected chi connectivity index (χ2v) is 7.83. The number of hydrogen-bond donors (Lipinski definition) is 4. The zero-order valence-electron chi connectivity index (χ0n) is 16.2. The van der Waals surface area contributed by atoms with E-state index < -0.39 is 15.9 Å². The van der Waals surface area contributed by atoms with Crippen molar-refractivity contribution < 1.29 is 28.2 Å². The first-order valence-corrected chi connectivity index (χ1v) is 10.2. The third-order valence-corrected chi connectivity index (χ3v) is 5.29.